The molecule has 40 heavy (non-hydrogen) atoms. The van der Waals surface area contributed by atoms with Crippen LogP contribution in [0.4, 0.5) is 11.4 Å². The summed E-state index contributed by atoms with van der Waals surface area (Å²) in [5, 5.41) is 4.02. The molecule has 0 fully saturated rings. The topological polar surface area (TPSA) is 97.6 Å². The summed E-state index contributed by atoms with van der Waals surface area (Å²) in [6.45, 7) is 1.89. The molecule has 5 rings (SSSR count). The first-order chi connectivity index (χ1) is 19.2. The van der Waals surface area contributed by atoms with E-state index in [1.54, 1.807) is 61.6 Å². The number of aryl methyl sites for hydroxylation is 1. The molecule has 7 nitrogen and oxygen atoms in total. The third-order valence-corrected chi connectivity index (χ3v) is 8.29. The maximum Gasteiger partial charge on any atom is 0.339 e. The van der Waals surface area contributed by atoms with Crippen molar-refractivity contribution in [3.8, 4) is 0 Å². The number of ether oxygens (including phenoxy) is 1. The fraction of sp³-hybridized carbons (Fsp3) is 0.129. The number of nitrogens with one attached hydrogen (secondary N) is 2. The largest absolute Gasteiger partial charge is 0.465 e. The van der Waals surface area contributed by atoms with Gasteiger partial charge in [0.1, 0.15) is 11.3 Å². The Morgan fingerprint density at radius 2 is 1.65 bits per heavy atom. The first-order valence-corrected chi connectivity index (χ1v) is 14.3. The molecular weight excluding hydrogens is 548 g/mol. The Labute approximate surface area is 237 Å². The van der Waals surface area contributed by atoms with Gasteiger partial charge in [-0.25, -0.2) is 13.2 Å². The van der Waals surface area contributed by atoms with Crippen LogP contribution in [0.3, 0.4) is 0 Å². The number of halogens is 1. The number of furan rings is 1. The molecule has 0 radical (unpaired) electrons. The van der Waals surface area contributed by atoms with Crippen LogP contribution in [0.1, 0.15) is 38.7 Å². The number of hydrogen-bond acceptors (Lipinski definition) is 6. The van der Waals surface area contributed by atoms with Crippen LogP contribution in [0.25, 0.3) is 11.0 Å². The van der Waals surface area contributed by atoms with E-state index in [0.717, 1.165) is 11.1 Å². The van der Waals surface area contributed by atoms with Crippen LogP contribution in [0, 0.1) is 6.92 Å². The molecule has 0 spiro atoms. The Bertz CT molecular complexity index is 1800. The second-order valence-corrected chi connectivity index (χ2v) is 11.4. The normalized spacial score (nSPS) is 12.2. The summed E-state index contributed by atoms with van der Waals surface area (Å²) in [5.74, 6) is -0.737. The maximum atomic E-state index is 13.6. The highest BCUT2D eigenvalue weighted by Gasteiger charge is 2.30. The molecule has 0 bridgehead atoms. The molecule has 1 atom stereocenters. The average Bonchev–Trinajstić information content (AvgIpc) is 3.29. The molecule has 1 aromatic heterocycles. The summed E-state index contributed by atoms with van der Waals surface area (Å²) in [6.07, 6.45) is 0. The molecule has 0 saturated carbocycles. The van der Waals surface area contributed by atoms with E-state index < -0.39 is 21.9 Å². The minimum Gasteiger partial charge on any atom is -0.465 e. The van der Waals surface area contributed by atoms with Gasteiger partial charge < -0.3 is 14.5 Å². The Kier molecular flexibility index (Phi) is 7.56. The molecule has 0 aliphatic heterocycles. The Hall–Kier alpha value is -4.27. The predicted molar refractivity (Wildman–Crippen MR) is 158 cm³/mol. The minimum atomic E-state index is -3.99. The number of carbonyl (C=O) groups is 1. The summed E-state index contributed by atoms with van der Waals surface area (Å²) in [6, 6.07) is 26.6. The molecule has 204 valence electrons. The molecule has 0 aliphatic carbocycles. The van der Waals surface area contributed by atoms with Crippen LogP contribution < -0.4 is 10.0 Å². The van der Waals surface area contributed by atoms with Crippen molar-refractivity contribution in [2.45, 2.75) is 17.7 Å². The van der Waals surface area contributed by atoms with Crippen molar-refractivity contribution in [1.29, 1.82) is 0 Å². The lowest BCUT2D eigenvalue weighted by Crippen LogP contribution is -2.15. The lowest BCUT2D eigenvalue weighted by Gasteiger charge is -2.20. The standard InChI is InChI=1S/C31H27ClN2O5S/c1-19-9-13-23(14-10-19)40(36,37)34-29-24-15-12-22(32)18-27(24)39-30(29)28(20-7-5-4-6-8-20)21-11-16-26(33-2)25(17-21)31(35)38-3/h4-18,28,33-34H,1-3H3/t28-/m1/s1. The highest BCUT2D eigenvalue weighted by atomic mass is 35.5. The van der Waals surface area contributed by atoms with E-state index in [9.17, 15) is 13.2 Å². The maximum absolute atomic E-state index is 13.6. The van der Waals surface area contributed by atoms with Gasteiger partial charge in [0.05, 0.1) is 29.2 Å². The third-order valence-electron chi connectivity index (χ3n) is 6.69. The van der Waals surface area contributed by atoms with E-state index in [2.05, 4.69) is 10.0 Å². The fourth-order valence-electron chi connectivity index (χ4n) is 4.69. The van der Waals surface area contributed by atoms with Crippen molar-refractivity contribution in [2.24, 2.45) is 0 Å². The van der Waals surface area contributed by atoms with Crippen molar-refractivity contribution < 1.29 is 22.4 Å². The van der Waals surface area contributed by atoms with Gasteiger partial charge in [0.25, 0.3) is 10.0 Å². The fourth-order valence-corrected chi connectivity index (χ4v) is 5.94. The predicted octanol–water partition coefficient (Wildman–Crippen LogP) is 7.20. The van der Waals surface area contributed by atoms with Gasteiger partial charge in [-0.1, -0.05) is 65.7 Å². The van der Waals surface area contributed by atoms with E-state index >= 15 is 0 Å². The smallest absolute Gasteiger partial charge is 0.339 e. The van der Waals surface area contributed by atoms with Crippen molar-refractivity contribution in [2.75, 3.05) is 24.2 Å². The Morgan fingerprint density at radius 3 is 2.33 bits per heavy atom. The Morgan fingerprint density at radius 1 is 0.925 bits per heavy atom. The van der Waals surface area contributed by atoms with E-state index in [-0.39, 0.29) is 4.90 Å². The molecule has 0 unspecified atom stereocenters. The minimum absolute atomic E-state index is 0.120. The molecule has 2 N–H and O–H groups in total. The Balaban J connectivity index is 1.76. The third kappa shape index (κ3) is 5.28. The van der Waals surface area contributed by atoms with Crippen LogP contribution in [-0.2, 0) is 14.8 Å². The quantitative estimate of drug-likeness (QED) is 0.190. The number of benzene rings is 4. The zero-order valence-electron chi connectivity index (χ0n) is 22.1. The first-order valence-electron chi connectivity index (χ1n) is 12.5. The summed E-state index contributed by atoms with van der Waals surface area (Å²) in [7, 11) is -0.942. The SMILES string of the molecule is CNc1ccc([C@@H](c2ccccc2)c2oc3cc(Cl)ccc3c2NS(=O)(=O)c2ccc(C)cc2)cc1C(=O)OC. The first kappa shape index (κ1) is 27.3. The summed E-state index contributed by atoms with van der Waals surface area (Å²) >= 11 is 6.29. The van der Waals surface area contributed by atoms with Crippen LogP contribution >= 0.6 is 11.6 Å². The molecular formula is C31H27ClN2O5S. The summed E-state index contributed by atoms with van der Waals surface area (Å²) < 4.78 is 41.4. The number of anilines is 2. The van der Waals surface area contributed by atoms with Gasteiger partial charge in [-0.15, -0.1) is 0 Å². The van der Waals surface area contributed by atoms with Crippen molar-refractivity contribution in [3.63, 3.8) is 0 Å². The average molecular weight is 575 g/mol. The van der Waals surface area contributed by atoms with Gasteiger partial charge in [-0.3, -0.25) is 4.72 Å². The molecule has 1 heterocycles. The van der Waals surface area contributed by atoms with Crippen molar-refractivity contribution in [3.05, 3.63) is 124 Å². The van der Waals surface area contributed by atoms with Gasteiger partial charge in [0.2, 0.25) is 0 Å². The zero-order valence-corrected chi connectivity index (χ0v) is 23.6. The number of fused-ring (bicyclic) bond motifs is 1. The molecule has 4 aromatic carbocycles. The highest BCUT2D eigenvalue weighted by Crippen LogP contribution is 2.44. The molecule has 0 amide bonds. The number of hydrogen-bond donors (Lipinski definition) is 2. The van der Waals surface area contributed by atoms with E-state index in [1.165, 1.54) is 7.11 Å². The monoisotopic (exact) mass is 574 g/mol. The lowest BCUT2D eigenvalue weighted by atomic mass is 9.87. The zero-order chi connectivity index (χ0) is 28.4. The number of sulfonamides is 1. The molecule has 0 saturated heterocycles. The van der Waals surface area contributed by atoms with Crippen LogP contribution in [0.5, 0.6) is 0 Å². The number of rotatable bonds is 8. The molecule has 9 heteroatoms. The molecule has 0 aliphatic rings. The number of methoxy groups -OCH3 is 1. The highest BCUT2D eigenvalue weighted by molar-refractivity contribution is 7.92. The number of esters is 1. The van der Waals surface area contributed by atoms with Gasteiger partial charge in [0, 0.05) is 29.2 Å². The molecule has 5 aromatic rings. The van der Waals surface area contributed by atoms with Crippen molar-refractivity contribution in [1.82, 2.24) is 0 Å². The van der Waals surface area contributed by atoms with Gasteiger partial charge in [-0.05, 0) is 54.4 Å². The summed E-state index contributed by atoms with van der Waals surface area (Å²) in [5.41, 5.74) is 4.12. The lowest BCUT2D eigenvalue weighted by molar-refractivity contribution is 0.0601. The van der Waals surface area contributed by atoms with Gasteiger partial charge in [0.15, 0.2) is 0 Å². The van der Waals surface area contributed by atoms with Crippen LogP contribution in [0.2, 0.25) is 5.02 Å². The van der Waals surface area contributed by atoms with E-state index in [0.29, 0.717) is 44.3 Å². The van der Waals surface area contributed by atoms with Crippen LogP contribution in [0.15, 0.2) is 100 Å². The van der Waals surface area contributed by atoms with Gasteiger partial charge in [-0.2, -0.15) is 0 Å². The summed E-state index contributed by atoms with van der Waals surface area (Å²) in [4.78, 5) is 12.8. The second-order valence-electron chi connectivity index (χ2n) is 9.29. The van der Waals surface area contributed by atoms with Gasteiger partial charge >= 0.3 is 5.97 Å². The second kappa shape index (κ2) is 11.1. The van der Waals surface area contributed by atoms with E-state index in [1.807, 2.05) is 43.3 Å². The van der Waals surface area contributed by atoms with E-state index in [4.69, 9.17) is 20.8 Å². The van der Waals surface area contributed by atoms with Crippen molar-refractivity contribution >= 4 is 49.9 Å². The number of carbonyl (C=O) groups excluding carboxylic acids is 1. The van der Waals surface area contributed by atoms with Crippen LogP contribution in [-0.4, -0.2) is 28.5 Å².